The average Bonchev–Trinajstić information content (AvgIpc) is 2.41. The molecule has 0 aliphatic rings. The monoisotopic (exact) mass is 256 g/mol. The first kappa shape index (κ1) is 13.3. The van der Waals surface area contributed by atoms with Gasteiger partial charge < -0.3 is 15.8 Å². The number of nitrogens with one attached hydrogen (secondary N) is 1. The molecule has 0 saturated heterocycles. The van der Waals surface area contributed by atoms with Crippen molar-refractivity contribution in [2.75, 3.05) is 18.2 Å². The highest BCUT2D eigenvalue weighted by Gasteiger charge is 2.02. The summed E-state index contributed by atoms with van der Waals surface area (Å²) < 4.78 is 5.21. The molecule has 19 heavy (non-hydrogen) atoms. The second-order valence-electron chi connectivity index (χ2n) is 4.86. The van der Waals surface area contributed by atoms with Gasteiger partial charge in [0.15, 0.2) is 0 Å². The number of benzene rings is 2. The molecule has 2 rings (SSSR count). The third-order valence-corrected chi connectivity index (χ3v) is 3.10. The van der Waals surface area contributed by atoms with Gasteiger partial charge in [0.05, 0.1) is 12.8 Å². The fourth-order valence-electron chi connectivity index (χ4n) is 1.91. The van der Waals surface area contributed by atoms with E-state index in [1.807, 2.05) is 18.2 Å². The Morgan fingerprint density at radius 1 is 1.00 bits per heavy atom. The fraction of sp³-hybridized carbons (Fsp3) is 0.250. The van der Waals surface area contributed by atoms with E-state index in [0.717, 1.165) is 11.4 Å². The number of ether oxygens (including phenoxy) is 1. The van der Waals surface area contributed by atoms with E-state index >= 15 is 0 Å². The minimum absolute atomic E-state index is 0.547. The van der Waals surface area contributed by atoms with Gasteiger partial charge in [-0.2, -0.15) is 0 Å². The van der Waals surface area contributed by atoms with Crippen LogP contribution in [0.1, 0.15) is 25.3 Å². The molecule has 0 spiro atoms. The number of nitrogen functional groups attached to an aromatic ring is 1. The summed E-state index contributed by atoms with van der Waals surface area (Å²) in [6.45, 7) is 4.38. The third kappa shape index (κ3) is 3.19. The highest BCUT2D eigenvalue weighted by molar-refractivity contribution is 5.66. The summed E-state index contributed by atoms with van der Waals surface area (Å²) in [7, 11) is 1.62. The topological polar surface area (TPSA) is 47.3 Å². The standard InChI is InChI=1S/C16H20N2O/c1-11(2)12-4-6-13(7-5-12)18-14-8-9-15(17)16(10-14)19-3/h4-11,18H,17H2,1-3H3. The van der Waals surface area contributed by atoms with Gasteiger partial charge in [0, 0.05) is 17.4 Å². The lowest BCUT2D eigenvalue weighted by Crippen LogP contribution is -1.95. The zero-order valence-electron chi connectivity index (χ0n) is 11.6. The second-order valence-corrected chi connectivity index (χ2v) is 4.86. The fourth-order valence-corrected chi connectivity index (χ4v) is 1.91. The van der Waals surface area contributed by atoms with Crippen molar-refractivity contribution in [2.45, 2.75) is 19.8 Å². The van der Waals surface area contributed by atoms with Crippen molar-refractivity contribution in [1.29, 1.82) is 0 Å². The van der Waals surface area contributed by atoms with E-state index in [4.69, 9.17) is 10.5 Å². The molecule has 0 amide bonds. The van der Waals surface area contributed by atoms with Crippen LogP contribution in [0.4, 0.5) is 17.1 Å². The summed E-state index contributed by atoms with van der Waals surface area (Å²) in [5.74, 6) is 1.23. The summed E-state index contributed by atoms with van der Waals surface area (Å²) >= 11 is 0. The van der Waals surface area contributed by atoms with Gasteiger partial charge in [0.25, 0.3) is 0 Å². The van der Waals surface area contributed by atoms with Crippen molar-refractivity contribution in [2.24, 2.45) is 0 Å². The highest BCUT2D eigenvalue weighted by atomic mass is 16.5. The van der Waals surface area contributed by atoms with Gasteiger partial charge in [-0.15, -0.1) is 0 Å². The van der Waals surface area contributed by atoms with Crippen LogP contribution in [0.2, 0.25) is 0 Å². The molecular formula is C16H20N2O. The van der Waals surface area contributed by atoms with Gasteiger partial charge in [-0.25, -0.2) is 0 Å². The van der Waals surface area contributed by atoms with Crippen LogP contribution < -0.4 is 15.8 Å². The summed E-state index contributed by atoms with van der Waals surface area (Å²) in [5, 5.41) is 3.34. The van der Waals surface area contributed by atoms with E-state index in [1.165, 1.54) is 5.56 Å². The van der Waals surface area contributed by atoms with Crippen LogP contribution in [-0.4, -0.2) is 7.11 Å². The number of anilines is 3. The van der Waals surface area contributed by atoms with Gasteiger partial charge in [-0.05, 0) is 35.7 Å². The van der Waals surface area contributed by atoms with Crippen molar-refractivity contribution < 1.29 is 4.74 Å². The Morgan fingerprint density at radius 2 is 1.63 bits per heavy atom. The lowest BCUT2D eigenvalue weighted by Gasteiger charge is -2.11. The molecule has 0 saturated carbocycles. The predicted molar refractivity (Wildman–Crippen MR) is 81.2 cm³/mol. The summed E-state index contributed by atoms with van der Waals surface area (Å²) in [6.07, 6.45) is 0. The zero-order chi connectivity index (χ0) is 13.8. The maximum atomic E-state index is 5.79. The summed E-state index contributed by atoms with van der Waals surface area (Å²) in [5.41, 5.74) is 9.78. The molecule has 0 heterocycles. The van der Waals surface area contributed by atoms with Gasteiger partial charge in [0.1, 0.15) is 5.75 Å². The Bertz CT molecular complexity index is 547. The molecule has 2 aromatic carbocycles. The van der Waals surface area contributed by atoms with Gasteiger partial charge >= 0.3 is 0 Å². The Kier molecular flexibility index (Phi) is 3.95. The lowest BCUT2D eigenvalue weighted by molar-refractivity contribution is 0.417. The first-order chi connectivity index (χ1) is 9.10. The smallest absolute Gasteiger partial charge is 0.143 e. The molecule has 3 heteroatoms. The van der Waals surface area contributed by atoms with Crippen LogP contribution in [0.25, 0.3) is 0 Å². The van der Waals surface area contributed by atoms with E-state index in [2.05, 4.69) is 43.4 Å². The SMILES string of the molecule is COc1cc(Nc2ccc(C(C)C)cc2)ccc1N. The lowest BCUT2D eigenvalue weighted by atomic mass is 10.0. The van der Waals surface area contributed by atoms with E-state index in [-0.39, 0.29) is 0 Å². The minimum atomic E-state index is 0.547. The van der Waals surface area contributed by atoms with Gasteiger partial charge in [0.2, 0.25) is 0 Å². The Labute approximate surface area is 114 Å². The van der Waals surface area contributed by atoms with E-state index in [9.17, 15) is 0 Å². The minimum Gasteiger partial charge on any atom is -0.495 e. The van der Waals surface area contributed by atoms with Crippen molar-refractivity contribution in [3.8, 4) is 5.75 Å². The second kappa shape index (κ2) is 5.65. The molecule has 0 fully saturated rings. The van der Waals surface area contributed by atoms with Crippen LogP contribution in [0.5, 0.6) is 5.75 Å². The first-order valence-corrected chi connectivity index (χ1v) is 6.40. The van der Waals surface area contributed by atoms with Crippen LogP contribution in [0.3, 0.4) is 0 Å². The van der Waals surface area contributed by atoms with E-state index in [1.54, 1.807) is 7.11 Å². The summed E-state index contributed by atoms with van der Waals surface area (Å²) in [6, 6.07) is 14.1. The van der Waals surface area contributed by atoms with Gasteiger partial charge in [-0.1, -0.05) is 26.0 Å². The largest absolute Gasteiger partial charge is 0.495 e. The molecule has 0 aliphatic heterocycles. The number of rotatable bonds is 4. The maximum absolute atomic E-state index is 5.79. The molecule has 0 bridgehead atoms. The average molecular weight is 256 g/mol. The van der Waals surface area contributed by atoms with E-state index < -0.39 is 0 Å². The number of hydrogen-bond donors (Lipinski definition) is 2. The predicted octanol–water partition coefficient (Wildman–Crippen LogP) is 4.14. The maximum Gasteiger partial charge on any atom is 0.143 e. The molecule has 100 valence electrons. The number of nitrogens with two attached hydrogens (primary N) is 1. The third-order valence-electron chi connectivity index (χ3n) is 3.10. The quantitative estimate of drug-likeness (QED) is 0.808. The molecule has 0 radical (unpaired) electrons. The molecule has 3 N–H and O–H groups in total. The molecule has 0 atom stereocenters. The molecule has 3 nitrogen and oxygen atoms in total. The number of methoxy groups -OCH3 is 1. The molecule has 0 aromatic heterocycles. The van der Waals surface area contributed by atoms with Crippen LogP contribution in [-0.2, 0) is 0 Å². The van der Waals surface area contributed by atoms with Crippen LogP contribution in [0.15, 0.2) is 42.5 Å². The van der Waals surface area contributed by atoms with E-state index in [0.29, 0.717) is 17.4 Å². The zero-order valence-corrected chi connectivity index (χ0v) is 11.6. The number of hydrogen-bond acceptors (Lipinski definition) is 3. The van der Waals surface area contributed by atoms with Gasteiger partial charge in [-0.3, -0.25) is 0 Å². The molecule has 0 unspecified atom stereocenters. The van der Waals surface area contributed by atoms with Crippen molar-refractivity contribution in [3.05, 3.63) is 48.0 Å². The molecule has 2 aromatic rings. The highest BCUT2D eigenvalue weighted by Crippen LogP contribution is 2.27. The Hall–Kier alpha value is -2.16. The first-order valence-electron chi connectivity index (χ1n) is 6.40. The molecular weight excluding hydrogens is 236 g/mol. The Balaban J connectivity index is 2.16. The Morgan fingerprint density at radius 3 is 2.21 bits per heavy atom. The normalized spacial score (nSPS) is 10.5. The van der Waals surface area contributed by atoms with Crippen LogP contribution in [0, 0.1) is 0 Å². The van der Waals surface area contributed by atoms with Crippen molar-refractivity contribution in [3.63, 3.8) is 0 Å². The van der Waals surface area contributed by atoms with Crippen molar-refractivity contribution >= 4 is 17.1 Å². The summed E-state index contributed by atoms with van der Waals surface area (Å²) in [4.78, 5) is 0. The van der Waals surface area contributed by atoms with Crippen LogP contribution >= 0.6 is 0 Å². The molecule has 0 aliphatic carbocycles. The van der Waals surface area contributed by atoms with Crippen molar-refractivity contribution in [1.82, 2.24) is 0 Å².